The third-order valence-corrected chi connectivity index (χ3v) is 8.44. The van der Waals surface area contributed by atoms with Gasteiger partial charge in [-0.3, -0.25) is 4.79 Å². The molecule has 0 bridgehead atoms. The van der Waals surface area contributed by atoms with E-state index in [1.165, 1.54) is 48.1 Å². The molecule has 6 heteroatoms. The van der Waals surface area contributed by atoms with Crippen LogP contribution in [0.5, 0.6) is 5.75 Å². The lowest BCUT2D eigenvalue weighted by Crippen LogP contribution is -2.31. The van der Waals surface area contributed by atoms with Crippen LogP contribution in [0.15, 0.2) is 53.9 Å². The maximum atomic E-state index is 12.7. The van der Waals surface area contributed by atoms with Gasteiger partial charge in [-0.2, -0.15) is 0 Å². The van der Waals surface area contributed by atoms with Crippen LogP contribution in [-0.4, -0.2) is 43.0 Å². The Labute approximate surface area is 212 Å². The zero-order valence-electron chi connectivity index (χ0n) is 20.7. The number of benzene rings is 2. The molecule has 2 aliphatic rings. The highest BCUT2D eigenvalue weighted by Gasteiger charge is 2.29. The number of thiazole rings is 1. The fraction of sp³-hybridized carbons (Fsp3) is 0.448. The molecular weight excluding hydrogens is 454 g/mol. The molecule has 0 spiro atoms. The molecule has 3 aromatic rings. The first kappa shape index (κ1) is 24.0. The summed E-state index contributed by atoms with van der Waals surface area (Å²) in [7, 11) is 4.39. The van der Waals surface area contributed by atoms with E-state index in [0.717, 1.165) is 35.8 Å². The molecule has 5 rings (SSSR count). The highest BCUT2D eigenvalue weighted by atomic mass is 32.1. The van der Waals surface area contributed by atoms with Gasteiger partial charge in [0.15, 0.2) is 0 Å². The average molecular weight is 490 g/mol. The van der Waals surface area contributed by atoms with E-state index in [4.69, 9.17) is 4.74 Å². The van der Waals surface area contributed by atoms with Gasteiger partial charge in [-0.15, -0.1) is 11.3 Å². The lowest BCUT2D eigenvalue weighted by molar-refractivity contribution is 0.0943. The molecule has 0 radical (unpaired) electrons. The molecule has 5 nitrogen and oxygen atoms in total. The Morgan fingerprint density at radius 2 is 1.94 bits per heavy atom. The first-order valence-corrected chi connectivity index (χ1v) is 13.7. The lowest BCUT2D eigenvalue weighted by atomic mass is 9.75. The van der Waals surface area contributed by atoms with Crippen LogP contribution in [0.25, 0.3) is 10.6 Å². The smallest absolute Gasteiger partial charge is 0.270 e. The van der Waals surface area contributed by atoms with E-state index in [9.17, 15) is 4.79 Å². The van der Waals surface area contributed by atoms with Crippen LogP contribution < -0.4 is 10.1 Å². The van der Waals surface area contributed by atoms with Crippen LogP contribution >= 0.6 is 11.3 Å². The second-order valence-electron chi connectivity index (χ2n) is 10.1. The zero-order chi connectivity index (χ0) is 24.2. The van der Waals surface area contributed by atoms with Crippen molar-refractivity contribution < 1.29 is 9.53 Å². The van der Waals surface area contributed by atoms with E-state index in [2.05, 4.69) is 65.7 Å². The standard InChI is InChI=1S/C29H35N3O2S/c1-32(2)27(21-6-4-3-5-7-21)22-10-8-20(9-11-22)14-16-30-28(33)25-19-35-29(31-25)24-12-13-26-23(18-24)15-17-34-26/h3-7,12-13,18-20,22,27H,8-11,14-17H2,1-2H3,(H,30,33). The number of fused-ring (bicyclic) bond motifs is 1. The van der Waals surface area contributed by atoms with Crippen molar-refractivity contribution >= 4 is 17.2 Å². The molecule has 1 N–H and O–H groups in total. The predicted octanol–water partition coefficient (Wildman–Crippen LogP) is 5.97. The zero-order valence-corrected chi connectivity index (χ0v) is 21.5. The van der Waals surface area contributed by atoms with Gasteiger partial charge < -0.3 is 15.0 Å². The molecule has 2 heterocycles. The van der Waals surface area contributed by atoms with Crippen molar-refractivity contribution in [3.8, 4) is 16.3 Å². The normalized spacial score (nSPS) is 20.3. The van der Waals surface area contributed by atoms with E-state index in [-0.39, 0.29) is 5.91 Å². The van der Waals surface area contributed by atoms with Gasteiger partial charge in [0.25, 0.3) is 5.91 Å². The highest BCUT2D eigenvalue weighted by molar-refractivity contribution is 7.13. The monoisotopic (exact) mass is 489 g/mol. The summed E-state index contributed by atoms with van der Waals surface area (Å²) in [5.41, 5.74) is 4.21. The number of ether oxygens (including phenoxy) is 1. The number of aromatic nitrogens is 1. The molecule has 184 valence electrons. The number of nitrogens with one attached hydrogen (secondary N) is 1. The number of nitrogens with zero attached hydrogens (tertiary/aromatic N) is 2. The summed E-state index contributed by atoms with van der Waals surface area (Å²) in [6, 6.07) is 17.6. The molecule has 1 fully saturated rings. The Kier molecular flexibility index (Phi) is 7.49. The molecule has 1 aromatic heterocycles. The van der Waals surface area contributed by atoms with Crippen molar-refractivity contribution in [1.29, 1.82) is 0 Å². The first-order chi connectivity index (χ1) is 17.1. The van der Waals surface area contributed by atoms with Crippen molar-refractivity contribution in [2.45, 2.75) is 44.6 Å². The van der Waals surface area contributed by atoms with Gasteiger partial charge in [0.05, 0.1) is 6.61 Å². The van der Waals surface area contributed by atoms with Crippen molar-refractivity contribution in [2.24, 2.45) is 11.8 Å². The molecule has 1 aliphatic carbocycles. The van der Waals surface area contributed by atoms with E-state index in [1.807, 2.05) is 17.5 Å². The predicted molar refractivity (Wildman–Crippen MR) is 142 cm³/mol. The third kappa shape index (κ3) is 5.60. The van der Waals surface area contributed by atoms with Crippen LogP contribution in [0.1, 0.15) is 59.8 Å². The Balaban J connectivity index is 1.09. The van der Waals surface area contributed by atoms with Crippen LogP contribution in [0.2, 0.25) is 0 Å². The Bertz CT molecular complexity index is 1140. The number of amides is 1. The summed E-state index contributed by atoms with van der Waals surface area (Å²) >= 11 is 1.52. The number of carbonyl (C=O) groups excluding carboxylic acids is 1. The van der Waals surface area contributed by atoms with E-state index in [0.29, 0.717) is 30.1 Å². The van der Waals surface area contributed by atoms with Crippen molar-refractivity contribution in [3.05, 3.63) is 70.7 Å². The molecule has 2 aromatic carbocycles. The van der Waals surface area contributed by atoms with Gasteiger partial charge in [-0.1, -0.05) is 43.2 Å². The van der Waals surface area contributed by atoms with Crippen molar-refractivity contribution in [1.82, 2.24) is 15.2 Å². The summed E-state index contributed by atoms with van der Waals surface area (Å²) in [6.45, 7) is 1.46. The van der Waals surface area contributed by atoms with Crippen LogP contribution in [0.3, 0.4) is 0 Å². The lowest BCUT2D eigenvalue weighted by Gasteiger charge is -2.37. The summed E-state index contributed by atoms with van der Waals surface area (Å²) in [5, 5.41) is 5.86. The summed E-state index contributed by atoms with van der Waals surface area (Å²) in [5.74, 6) is 2.28. The van der Waals surface area contributed by atoms with Gasteiger partial charge in [0, 0.05) is 30.0 Å². The minimum atomic E-state index is -0.0672. The van der Waals surface area contributed by atoms with E-state index in [1.54, 1.807) is 0 Å². The summed E-state index contributed by atoms with van der Waals surface area (Å²) in [4.78, 5) is 19.7. The number of rotatable bonds is 8. The fourth-order valence-corrected chi connectivity index (χ4v) is 6.54. The van der Waals surface area contributed by atoms with Crippen LogP contribution in [-0.2, 0) is 6.42 Å². The van der Waals surface area contributed by atoms with Gasteiger partial charge >= 0.3 is 0 Å². The molecule has 1 saturated carbocycles. The molecule has 0 saturated heterocycles. The van der Waals surface area contributed by atoms with Gasteiger partial charge in [-0.25, -0.2) is 4.98 Å². The van der Waals surface area contributed by atoms with E-state index < -0.39 is 0 Å². The van der Waals surface area contributed by atoms with Crippen LogP contribution in [0, 0.1) is 11.8 Å². The molecule has 1 unspecified atom stereocenters. The molecule has 35 heavy (non-hydrogen) atoms. The molecule has 1 atom stereocenters. The number of hydrogen-bond acceptors (Lipinski definition) is 5. The fourth-order valence-electron chi connectivity index (χ4n) is 5.75. The van der Waals surface area contributed by atoms with E-state index >= 15 is 0 Å². The van der Waals surface area contributed by atoms with Crippen LogP contribution in [0.4, 0.5) is 0 Å². The molecule has 1 aliphatic heterocycles. The van der Waals surface area contributed by atoms with Gasteiger partial charge in [0.2, 0.25) is 0 Å². The summed E-state index contributed by atoms with van der Waals surface area (Å²) in [6.07, 6.45) is 6.94. The maximum absolute atomic E-state index is 12.7. The number of hydrogen-bond donors (Lipinski definition) is 1. The quantitative estimate of drug-likeness (QED) is 0.423. The van der Waals surface area contributed by atoms with Gasteiger partial charge in [-0.05, 0) is 74.5 Å². The largest absolute Gasteiger partial charge is 0.493 e. The number of carbonyl (C=O) groups is 1. The second-order valence-corrected chi connectivity index (χ2v) is 11.0. The van der Waals surface area contributed by atoms with Crippen molar-refractivity contribution in [2.75, 3.05) is 27.2 Å². The Hall–Kier alpha value is -2.70. The highest BCUT2D eigenvalue weighted by Crippen LogP contribution is 2.40. The summed E-state index contributed by atoms with van der Waals surface area (Å²) < 4.78 is 5.59. The SMILES string of the molecule is CN(C)C(c1ccccc1)C1CCC(CCNC(=O)c2csc(-c3ccc4c(c3)CCO4)n2)CC1. The second kappa shape index (κ2) is 10.9. The topological polar surface area (TPSA) is 54.5 Å². The Morgan fingerprint density at radius 1 is 1.14 bits per heavy atom. The van der Waals surface area contributed by atoms with Gasteiger partial charge in [0.1, 0.15) is 16.5 Å². The van der Waals surface area contributed by atoms with Crippen molar-refractivity contribution in [3.63, 3.8) is 0 Å². The minimum absolute atomic E-state index is 0.0672. The average Bonchev–Trinajstić information content (AvgIpc) is 3.55. The first-order valence-electron chi connectivity index (χ1n) is 12.8. The molecular formula is C29H35N3O2S. The Morgan fingerprint density at radius 3 is 2.71 bits per heavy atom. The minimum Gasteiger partial charge on any atom is -0.493 e. The molecule has 1 amide bonds. The third-order valence-electron chi connectivity index (χ3n) is 7.55. The maximum Gasteiger partial charge on any atom is 0.270 e.